The van der Waals surface area contributed by atoms with Crippen molar-refractivity contribution in [1.82, 2.24) is 4.83 Å². The minimum Gasteiger partial charge on any atom is -0.497 e. The summed E-state index contributed by atoms with van der Waals surface area (Å²) in [7, 11) is -1.18. The SMILES string of the molecule is COc1ccc(S(=O)(=O)NN(C(=O)Oc2ccccc2OC)c2ccccc2)cc1. The normalized spacial score (nSPS) is 10.9. The topological polar surface area (TPSA) is 94.2 Å². The molecule has 0 aliphatic heterocycles. The molecular weight excluding hydrogens is 408 g/mol. The Labute approximate surface area is 174 Å². The van der Waals surface area contributed by atoms with E-state index in [-0.39, 0.29) is 16.3 Å². The number of amides is 1. The molecule has 0 aromatic heterocycles. The fourth-order valence-corrected chi connectivity index (χ4v) is 3.56. The lowest BCUT2D eigenvalue weighted by Crippen LogP contribution is -2.47. The van der Waals surface area contributed by atoms with E-state index < -0.39 is 16.1 Å². The van der Waals surface area contributed by atoms with Crippen molar-refractivity contribution >= 4 is 21.8 Å². The monoisotopic (exact) mass is 428 g/mol. The molecular formula is C21H20N2O6S. The standard InChI is InChI=1S/C21H20N2O6S/c1-27-17-12-14-18(15-13-17)30(25,26)22-23(16-8-4-3-5-9-16)21(24)29-20-11-7-6-10-19(20)28-2/h3-15,22H,1-2H3. The first-order valence-corrected chi connectivity index (χ1v) is 10.3. The predicted octanol–water partition coefficient (Wildman–Crippen LogP) is 3.60. The van der Waals surface area contributed by atoms with Gasteiger partial charge in [0.05, 0.1) is 24.8 Å². The lowest BCUT2D eigenvalue weighted by atomic mass is 10.3. The van der Waals surface area contributed by atoms with Crippen molar-refractivity contribution < 1.29 is 27.4 Å². The minimum atomic E-state index is -4.10. The number of carbonyl (C=O) groups is 1. The molecule has 0 fully saturated rings. The van der Waals surface area contributed by atoms with Crippen LogP contribution >= 0.6 is 0 Å². The van der Waals surface area contributed by atoms with Gasteiger partial charge in [0.15, 0.2) is 11.5 Å². The third-order valence-electron chi connectivity index (χ3n) is 4.04. The Balaban J connectivity index is 1.92. The van der Waals surface area contributed by atoms with Crippen LogP contribution in [0.4, 0.5) is 10.5 Å². The average molecular weight is 428 g/mol. The van der Waals surface area contributed by atoms with Crippen LogP contribution in [-0.4, -0.2) is 28.7 Å². The van der Waals surface area contributed by atoms with E-state index >= 15 is 0 Å². The lowest BCUT2D eigenvalue weighted by molar-refractivity contribution is 0.204. The molecule has 3 rings (SSSR count). The number of sulfonamides is 1. The molecule has 0 spiro atoms. The molecule has 9 heteroatoms. The number of hydrazine groups is 1. The number of nitrogens with zero attached hydrogens (tertiary/aromatic N) is 1. The molecule has 0 saturated carbocycles. The van der Waals surface area contributed by atoms with E-state index in [1.54, 1.807) is 48.5 Å². The number of hydrogen-bond acceptors (Lipinski definition) is 6. The van der Waals surface area contributed by atoms with Crippen molar-refractivity contribution in [2.24, 2.45) is 0 Å². The smallest absolute Gasteiger partial charge is 0.435 e. The second-order valence-electron chi connectivity index (χ2n) is 5.96. The summed E-state index contributed by atoms with van der Waals surface area (Å²) in [5.41, 5.74) is 0.273. The quantitative estimate of drug-likeness (QED) is 0.578. The molecule has 0 bridgehead atoms. The van der Waals surface area contributed by atoms with Gasteiger partial charge in [-0.25, -0.2) is 13.2 Å². The van der Waals surface area contributed by atoms with Crippen LogP contribution in [0.5, 0.6) is 17.2 Å². The van der Waals surface area contributed by atoms with Gasteiger partial charge in [-0.3, -0.25) is 0 Å². The van der Waals surface area contributed by atoms with Crippen LogP contribution in [0, 0.1) is 0 Å². The Kier molecular flexibility index (Phi) is 6.55. The summed E-state index contributed by atoms with van der Waals surface area (Å²) in [5, 5.41) is 0.812. The van der Waals surface area contributed by atoms with Crippen LogP contribution in [0.15, 0.2) is 83.8 Å². The number of hydrogen-bond donors (Lipinski definition) is 1. The molecule has 8 nitrogen and oxygen atoms in total. The average Bonchev–Trinajstić information content (AvgIpc) is 2.78. The van der Waals surface area contributed by atoms with Gasteiger partial charge >= 0.3 is 6.09 Å². The van der Waals surface area contributed by atoms with Crippen LogP contribution in [0.25, 0.3) is 0 Å². The van der Waals surface area contributed by atoms with Gasteiger partial charge in [0.1, 0.15) is 5.75 Å². The van der Waals surface area contributed by atoms with Gasteiger partial charge in [-0.1, -0.05) is 30.3 Å². The number of para-hydroxylation sites is 3. The summed E-state index contributed by atoms with van der Waals surface area (Å²) in [6.45, 7) is 0. The zero-order chi connectivity index (χ0) is 21.6. The molecule has 0 saturated heterocycles. The van der Waals surface area contributed by atoms with Crippen molar-refractivity contribution in [3.8, 4) is 17.2 Å². The Morgan fingerprint density at radius 3 is 2.00 bits per heavy atom. The summed E-state index contributed by atoms with van der Waals surface area (Å²) >= 11 is 0. The molecule has 3 aromatic rings. The highest BCUT2D eigenvalue weighted by Crippen LogP contribution is 2.27. The second kappa shape index (κ2) is 9.29. The first kappa shape index (κ1) is 21.2. The zero-order valence-corrected chi connectivity index (χ0v) is 17.1. The van der Waals surface area contributed by atoms with Crippen LogP contribution in [0.1, 0.15) is 0 Å². The lowest BCUT2D eigenvalue weighted by Gasteiger charge is -2.23. The van der Waals surface area contributed by atoms with Gasteiger partial charge < -0.3 is 14.2 Å². The van der Waals surface area contributed by atoms with Crippen LogP contribution < -0.4 is 24.1 Å². The molecule has 0 unspecified atom stereocenters. The van der Waals surface area contributed by atoms with Gasteiger partial charge in [0, 0.05) is 0 Å². The van der Waals surface area contributed by atoms with Crippen molar-refractivity contribution in [3.05, 3.63) is 78.9 Å². The maximum atomic E-state index is 12.9. The Hall–Kier alpha value is -3.56. The molecule has 0 heterocycles. The fourth-order valence-electron chi connectivity index (χ4n) is 2.54. The van der Waals surface area contributed by atoms with Gasteiger partial charge in [-0.05, 0) is 48.5 Å². The molecule has 3 aromatic carbocycles. The van der Waals surface area contributed by atoms with E-state index in [1.807, 2.05) is 0 Å². The fraction of sp³-hybridized carbons (Fsp3) is 0.0952. The number of benzene rings is 3. The van der Waals surface area contributed by atoms with Crippen LogP contribution in [0.3, 0.4) is 0 Å². The molecule has 0 aliphatic rings. The van der Waals surface area contributed by atoms with Gasteiger partial charge in [0.25, 0.3) is 10.0 Å². The maximum absolute atomic E-state index is 12.9. The van der Waals surface area contributed by atoms with Gasteiger partial charge in [-0.2, -0.15) is 5.01 Å². The summed E-state index contributed by atoms with van der Waals surface area (Å²) in [4.78, 5) is 15.1. The molecule has 1 amide bonds. The molecule has 30 heavy (non-hydrogen) atoms. The third kappa shape index (κ3) is 4.88. The first-order valence-electron chi connectivity index (χ1n) is 8.81. The van der Waals surface area contributed by atoms with E-state index in [2.05, 4.69) is 4.83 Å². The molecule has 0 atom stereocenters. The van der Waals surface area contributed by atoms with Gasteiger partial charge in [-0.15, -0.1) is 4.83 Å². The Bertz CT molecular complexity index is 1100. The highest BCUT2D eigenvalue weighted by Gasteiger charge is 2.26. The molecule has 0 aliphatic carbocycles. The second-order valence-corrected chi connectivity index (χ2v) is 7.62. The van der Waals surface area contributed by atoms with Crippen molar-refractivity contribution in [3.63, 3.8) is 0 Å². The molecule has 156 valence electrons. The van der Waals surface area contributed by atoms with Crippen molar-refractivity contribution in [2.75, 3.05) is 19.2 Å². The van der Waals surface area contributed by atoms with Crippen molar-refractivity contribution in [2.45, 2.75) is 4.90 Å². The van der Waals surface area contributed by atoms with E-state index in [4.69, 9.17) is 14.2 Å². The summed E-state index contributed by atoms with van der Waals surface area (Å²) in [6.07, 6.45) is -0.956. The third-order valence-corrected chi connectivity index (χ3v) is 5.36. The highest BCUT2D eigenvalue weighted by molar-refractivity contribution is 7.89. The van der Waals surface area contributed by atoms with E-state index in [1.165, 1.54) is 44.6 Å². The van der Waals surface area contributed by atoms with E-state index in [0.29, 0.717) is 11.5 Å². The van der Waals surface area contributed by atoms with E-state index in [0.717, 1.165) is 5.01 Å². The van der Waals surface area contributed by atoms with Crippen molar-refractivity contribution in [1.29, 1.82) is 0 Å². The van der Waals surface area contributed by atoms with Gasteiger partial charge in [0.2, 0.25) is 0 Å². The summed E-state index contributed by atoms with van der Waals surface area (Å²) in [6, 6.07) is 20.5. The Morgan fingerprint density at radius 1 is 0.800 bits per heavy atom. The van der Waals surface area contributed by atoms with E-state index in [9.17, 15) is 13.2 Å². The largest absolute Gasteiger partial charge is 0.497 e. The predicted molar refractivity (Wildman–Crippen MR) is 111 cm³/mol. The number of ether oxygens (including phenoxy) is 3. The number of anilines is 1. The summed E-state index contributed by atoms with van der Waals surface area (Å²) < 4.78 is 41.3. The summed E-state index contributed by atoms with van der Waals surface area (Å²) in [5.74, 6) is 0.982. The molecule has 0 radical (unpaired) electrons. The highest BCUT2D eigenvalue weighted by atomic mass is 32.2. The maximum Gasteiger partial charge on any atom is 0.435 e. The number of methoxy groups -OCH3 is 2. The van der Waals surface area contributed by atoms with Crippen LogP contribution in [-0.2, 0) is 10.0 Å². The van der Waals surface area contributed by atoms with Crippen LogP contribution in [0.2, 0.25) is 0 Å². The minimum absolute atomic E-state index is 0.0469. The number of carbonyl (C=O) groups excluding carboxylic acids is 1. The zero-order valence-electron chi connectivity index (χ0n) is 16.3. The molecule has 1 N–H and O–H groups in total. The Morgan fingerprint density at radius 2 is 1.40 bits per heavy atom. The first-order chi connectivity index (χ1) is 14.4. The number of rotatable bonds is 7. The number of nitrogens with one attached hydrogen (secondary N) is 1.